The first kappa shape index (κ1) is 20.8. The Morgan fingerprint density at radius 3 is 2.58 bits per heavy atom. The van der Waals surface area contributed by atoms with Gasteiger partial charge in [-0.3, -0.25) is 9.59 Å². The monoisotopic (exact) mass is 440 g/mol. The number of rotatable bonds is 4. The third-order valence-corrected chi connectivity index (χ3v) is 5.79. The van der Waals surface area contributed by atoms with Gasteiger partial charge >= 0.3 is 6.03 Å². The summed E-state index contributed by atoms with van der Waals surface area (Å²) in [6.45, 7) is 0. The van der Waals surface area contributed by atoms with Crippen LogP contribution in [0.2, 0.25) is 5.02 Å². The summed E-state index contributed by atoms with van der Waals surface area (Å²) in [5.74, 6) is -1.01. The fourth-order valence-electron chi connectivity index (χ4n) is 3.90. The number of hydrogen-bond acceptors (Lipinski definition) is 5. The number of para-hydroxylation sites is 1. The fraction of sp³-hybridized carbons (Fsp3) is 0.286. The van der Waals surface area contributed by atoms with Gasteiger partial charge < -0.3 is 11.1 Å². The Morgan fingerprint density at radius 2 is 1.87 bits per heavy atom. The van der Waals surface area contributed by atoms with Gasteiger partial charge in [0.05, 0.1) is 16.9 Å². The first-order valence-electron chi connectivity index (χ1n) is 9.93. The summed E-state index contributed by atoms with van der Waals surface area (Å²) in [5.41, 5.74) is 6.64. The Kier molecular flexibility index (Phi) is 5.85. The van der Waals surface area contributed by atoms with E-state index in [1.54, 1.807) is 42.7 Å². The van der Waals surface area contributed by atoms with Gasteiger partial charge in [0.15, 0.2) is 5.65 Å². The predicted molar refractivity (Wildman–Crippen MR) is 115 cm³/mol. The lowest BCUT2D eigenvalue weighted by atomic mass is 9.85. The molecule has 31 heavy (non-hydrogen) atoms. The van der Waals surface area contributed by atoms with Crippen molar-refractivity contribution in [2.75, 3.05) is 4.90 Å². The van der Waals surface area contributed by atoms with Crippen LogP contribution in [0.4, 0.5) is 10.5 Å². The lowest BCUT2D eigenvalue weighted by Gasteiger charge is -2.31. The Labute approximate surface area is 183 Å². The number of carbonyl (C=O) groups excluding carboxylic acids is 3. The number of nitrogens with one attached hydrogen (secondary N) is 1. The molecule has 0 bridgehead atoms. The van der Waals surface area contributed by atoms with Crippen molar-refractivity contribution in [1.29, 1.82) is 0 Å². The van der Waals surface area contributed by atoms with Crippen molar-refractivity contribution < 1.29 is 14.4 Å². The van der Waals surface area contributed by atoms with Gasteiger partial charge in [0.1, 0.15) is 5.56 Å². The highest BCUT2D eigenvalue weighted by molar-refractivity contribution is 6.35. The molecule has 0 saturated heterocycles. The fourth-order valence-corrected chi connectivity index (χ4v) is 4.12. The lowest BCUT2D eigenvalue weighted by molar-refractivity contribution is -0.122. The normalized spacial score (nSPS) is 18.5. The zero-order valence-corrected chi connectivity index (χ0v) is 17.3. The van der Waals surface area contributed by atoms with E-state index in [1.165, 1.54) is 10.7 Å². The number of hydrogen-bond donors (Lipinski definition) is 2. The van der Waals surface area contributed by atoms with Gasteiger partial charge in [-0.2, -0.15) is 5.10 Å². The number of nitrogens with zero attached hydrogens (tertiary/aromatic N) is 4. The van der Waals surface area contributed by atoms with Crippen LogP contribution in [0.5, 0.6) is 0 Å². The summed E-state index contributed by atoms with van der Waals surface area (Å²) in [6, 6.07) is 7.36. The molecule has 3 N–H and O–H groups in total. The number of nitrogens with two attached hydrogens (primary N) is 1. The van der Waals surface area contributed by atoms with Crippen molar-refractivity contribution in [3.8, 4) is 0 Å². The molecular weight excluding hydrogens is 420 g/mol. The largest absolute Gasteiger partial charge is 0.351 e. The molecule has 0 radical (unpaired) electrons. The van der Waals surface area contributed by atoms with Crippen molar-refractivity contribution >= 4 is 40.8 Å². The van der Waals surface area contributed by atoms with Crippen LogP contribution < -0.4 is 16.0 Å². The summed E-state index contributed by atoms with van der Waals surface area (Å²) < 4.78 is 1.54. The van der Waals surface area contributed by atoms with Gasteiger partial charge in [-0.1, -0.05) is 23.7 Å². The zero-order valence-electron chi connectivity index (χ0n) is 16.6. The Bertz CT molecular complexity index is 1140. The first-order valence-corrected chi connectivity index (χ1v) is 10.3. The number of fused-ring (bicyclic) bond motifs is 1. The molecule has 2 heterocycles. The number of anilines is 1. The number of halogens is 1. The number of benzene rings is 1. The van der Waals surface area contributed by atoms with Gasteiger partial charge in [-0.05, 0) is 43.9 Å². The second-order valence-electron chi connectivity index (χ2n) is 7.43. The van der Waals surface area contributed by atoms with E-state index >= 15 is 0 Å². The summed E-state index contributed by atoms with van der Waals surface area (Å²) in [7, 11) is 0. The minimum Gasteiger partial charge on any atom is -0.351 e. The summed E-state index contributed by atoms with van der Waals surface area (Å²) in [6.07, 6.45) is 7.05. The van der Waals surface area contributed by atoms with Crippen LogP contribution in [0, 0.1) is 5.92 Å². The third kappa shape index (κ3) is 4.22. The van der Waals surface area contributed by atoms with Gasteiger partial charge in [0.25, 0.3) is 5.91 Å². The molecule has 3 aromatic rings. The highest BCUT2D eigenvalue weighted by Crippen LogP contribution is 2.31. The van der Waals surface area contributed by atoms with E-state index in [9.17, 15) is 14.4 Å². The standard InChI is InChI=1S/C21H21ClN6O3/c22-16-4-1-2-5-17(16)28(21(23)31)20(30)13-6-8-14(9-7-13)26-19(29)15-12-25-27-11-3-10-24-18(15)27/h1-5,10-14H,6-9H2,(H2,23,31)(H,26,29). The molecule has 1 fully saturated rings. The number of primary amides is 1. The minimum absolute atomic E-state index is 0.0856. The van der Waals surface area contributed by atoms with E-state index in [0.717, 1.165) is 4.90 Å². The maximum atomic E-state index is 13.0. The van der Waals surface area contributed by atoms with E-state index < -0.39 is 6.03 Å². The second-order valence-corrected chi connectivity index (χ2v) is 7.84. The van der Waals surface area contributed by atoms with E-state index in [4.69, 9.17) is 17.3 Å². The first-order chi connectivity index (χ1) is 15.0. The average Bonchev–Trinajstić information content (AvgIpc) is 3.20. The maximum absolute atomic E-state index is 13.0. The quantitative estimate of drug-likeness (QED) is 0.645. The summed E-state index contributed by atoms with van der Waals surface area (Å²) in [4.78, 5) is 42.8. The molecule has 2 aromatic heterocycles. The van der Waals surface area contributed by atoms with E-state index in [0.29, 0.717) is 36.9 Å². The molecule has 9 nitrogen and oxygen atoms in total. The Morgan fingerprint density at radius 1 is 1.13 bits per heavy atom. The molecule has 160 valence electrons. The van der Waals surface area contributed by atoms with Crippen molar-refractivity contribution in [2.45, 2.75) is 31.7 Å². The van der Waals surface area contributed by atoms with Crippen LogP contribution in [-0.2, 0) is 4.79 Å². The van der Waals surface area contributed by atoms with Gasteiger partial charge in [-0.25, -0.2) is 19.2 Å². The molecule has 1 aliphatic carbocycles. The number of aromatic nitrogens is 3. The molecular formula is C21H21ClN6O3. The SMILES string of the molecule is NC(=O)N(C(=O)C1CCC(NC(=O)c2cnn3cccnc23)CC1)c1ccccc1Cl. The van der Waals surface area contributed by atoms with Crippen molar-refractivity contribution in [1.82, 2.24) is 19.9 Å². The minimum atomic E-state index is -0.867. The number of urea groups is 1. The second kappa shape index (κ2) is 8.73. The number of imide groups is 1. The van der Waals surface area contributed by atoms with Gasteiger partial charge in [0, 0.05) is 24.4 Å². The van der Waals surface area contributed by atoms with Crippen LogP contribution in [0.25, 0.3) is 5.65 Å². The third-order valence-electron chi connectivity index (χ3n) is 5.47. The smallest absolute Gasteiger partial charge is 0.326 e. The van der Waals surface area contributed by atoms with Crippen molar-refractivity contribution in [2.24, 2.45) is 11.7 Å². The molecule has 1 saturated carbocycles. The highest BCUT2D eigenvalue weighted by Gasteiger charge is 2.33. The van der Waals surface area contributed by atoms with E-state index in [2.05, 4.69) is 15.4 Å². The molecule has 0 atom stereocenters. The molecule has 10 heteroatoms. The van der Waals surface area contributed by atoms with Gasteiger partial charge in [-0.15, -0.1) is 0 Å². The molecule has 0 aliphatic heterocycles. The molecule has 4 rings (SSSR count). The van der Waals surface area contributed by atoms with Gasteiger partial charge in [0.2, 0.25) is 5.91 Å². The number of carbonyl (C=O) groups is 3. The van der Waals surface area contributed by atoms with Crippen LogP contribution >= 0.6 is 11.6 Å². The molecule has 4 amide bonds. The predicted octanol–water partition coefficient (Wildman–Crippen LogP) is 2.78. The lowest BCUT2D eigenvalue weighted by Crippen LogP contribution is -2.46. The van der Waals surface area contributed by atoms with Crippen LogP contribution in [-0.4, -0.2) is 38.5 Å². The molecule has 1 aliphatic rings. The molecule has 0 unspecified atom stereocenters. The van der Waals surface area contributed by atoms with Crippen LogP contribution in [0.15, 0.2) is 48.9 Å². The Hall–Kier alpha value is -3.46. The number of amides is 4. The zero-order chi connectivity index (χ0) is 22.0. The average molecular weight is 441 g/mol. The van der Waals surface area contributed by atoms with Crippen LogP contribution in [0.1, 0.15) is 36.0 Å². The highest BCUT2D eigenvalue weighted by atomic mass is 35.5. The van der Waals surface area contributed by atoms with Crippen molar-refractivity contribution in [3.05, 3.63) is 59.5 Å². The topological polar surface area (TPSA) is 123 Å². The molecule has 0 spiro atoms. The summed E-state index contributed by atoms with van der Waals surface area (Å²) >= 11 is 6.16. The van der Waals surface area contributed by atoms with Crippen LogP contribution in [0.3, 0.4) is 0 Å². The summed E-state index contributed by atoms with van der Waals surface area (Å²) in [5, 5.41) is 7.40. The maximum Gasteiger partial charge on any atom is 0.326 e. The van der Waals surface area contributed by atoms with Crippen molar-refractivity contribution in [3.63, 3.8) is 0 Å². The van der Waals surface area contributed by atoms with E-state index in [-0.39, 0.29) is 34.5 Å². The molecule has 1 aromatic carbocycles. The van der Waals surface area contributed by atoms with E-state index in [1.807, 2.05) is 0 Å². The Balaban J connectivity index is 1.40.